The Morgan fingerprint density at radius 2 is 1.91 bits per heavy atom. The van der Waals surface area contributed by atoms with Gasteiger partial charge in [0.1, 0.15) is 0 Å². The Morgan fingerprint density at radius 3 is 2.64 bits per heavy atom. The van der Waals surface area contributed by atoms with Gasteiger partial charge in [-0.05, 0) is 51.5 Å². The van der Waals surface area contributed by atoms with Gasteiger partial charge in [0.15, 0.2) is 0 Å². The van der Waals surface area contributed by atoms with E-state index in [1.807, 2.05) is 6.92 Å². The molecule has 0 bridgehead atoms. The zero-order valence-electron chi connectivity index (χ0n) is 19.1. The third-order valence-corrected chi connectivity index (χ3v) is 10.5. The molecule has 5 rings (SSSR count). The van der Waals surface area contributed by atoms with Gasteiger partial charge in [-0.15, -0.1) is 11.3 Å². The Balaban J connectivity index is 1.29. The van der Waals surface area contributed by atoms with Crippen LogP contribution in [0.15, 0.2) is 15.5 Å². The lowest BCUT2D eigenvalue weighted by Gasteiger charge is -2.32. The van der Waals surface area contributed by atoms with E-state index in [0.717, 1.165) is 44.9 Å². The summed E-state index contributed by atoms with van der Waals surface area (Å²) in [6.07, 6.45) is 10.3. The minimum absolute atomic E-state index is 0.000138. The topological polar surface area (TPSA) is 105 Å². The summed E-state index contributed by atoms with van der Waals surface area (Å²) in [5.74, 6) is 1.14. The summed E-state index contributed by atoms with van der Waals surface area (Å²) in [6.45, 7) is 2.49. The number of aromatic nitrogens is 2. The highest BCUT2D eigenvalue weighted by Crippen LogP contribution is 2.38. The standard InChI is InChI=1S/C23H32N4O4S2/c1-15-20(13-19(32-15)21-25-23(31-26-21)16-7-5-8-16)33(29,30)27-12-6-9-17(14-27)22(28)24-18-10-3-2-4-11-18/h13,16-18H,2-12,14H2,1H3,(H,24,28)/t17-/m1/s1. The molecule has 1 amide bonds. The van der Waals surface area contributed by atoms with Crippen molar-refractivity contribution in [3.05, 3.63) is 16.8 Å². The molecular weight excluding hydrogens is 460 g/mol. The Morgan fingerprint density at radius 1 is 1.12 bits per heavy atom. The molecule has 3 aliphatic rings. The minimum Gasteiger partial charge on any atom is -0.353 e. The van der Waals surface area contributed by atoms with Crippen molar-refractivity contribution in [1.82, 2.24) is 19.8 Å². The van der Waals surface area contributed by atoms with Crippen LogP contribution in [0.25, 0.3) is 10.7 Å². The van der Waals surface area contributed by atoms with Gasteiger partial charge >= 0.3 is 0 Å². The first-order valence-corrected chi connectivity index (χ1v) is 14.4. The largest absolute Gasteiger partial charge is 0.353 e. The molecular formula is C23H32N4O4S2. The van der Waals surface area contributed by atoms with E-state index >= 15 is 0 Å². The lowest BCUT2D eigenvalue weighted by molar-refractivity contribution is -0.127. The molecule has 2 aromatic heterocycles. The van der Waals surface area contributed by atoms with Crippen molar-refractivity contribution in [2.24, 2.45) is 5.92 Å². The van der Waals surface area contributed by atoms with E-state index < -0.39 is 10.0 Å². The van der Waals surface area contributed by atoms with Crippen LogP contribution in [0, 0.1) is 12.8 Å². The second-order valence-electron chi connectivity index (χ2n) is 9.66. The summed E-state index contributed by atoms with van der Waals surface area (Å²) < 4.78 is 33.9. The molecule has 2 aliphatic carbocycles. The number of hydrogen-bond donors (Lipinski definition) is 1. The number of carbonyl (C=O) groups is 1. The quantitative estimate of drug-likeness (QED) is 0.647. The van der Waals surface area contributed by atoms with Gasteiger partial charge in [-0.1, -0.05) is 30.8 Å². The predicted molar refractivity (Wildman–Crippen MR) is 125 cm³/mol. The number of nitrogens with zero attached hydrogens (tertiary/aromatic N) is 3. The lowest BCUT2D eigenvalue weighted by atomic mass is 9.85. The van der Waals surface area contributed by atoms with E-state index in [2.05, 4.69) is 15.5 Å². The molecule has 180 valence electrons. The van der Waals surface area contributed by atoms with E-state index in [4.69, 9.17) is 4.52 Å². The molecule has 10 heteroatoms. The average molecular weight is 493 g/mol. The van der Waals surface area contributed by atoms with Crippen LogP contribution in [-0.2, 0) is 14.8 Å². The van der Waals surface area contributed by atoms with E-state index in [1.165, 1.54) is 28.5 Å². The summed E-state index contributed by atoms with van der Waals surface area (Å²) in [6, 6.07) is 1.90. The van der Waals surface area contributed by atoms with E-state index in [1.54, 1.807) is 6.07 Å². The Bertz CT molecular complexity index is 1100. The lowest BCUT2D eigenvalue weighted by Crippen LogP contribution is -2.47. The Labute approximate surface area is 199 Å². The monoisotopic (exact) mass is 492 g/mol. The van der Waals surface area contributed by atoms with Crippen molar-refractivity contribution < 1.29 is 17.7 Å². The molecule has 1 saturated heterocycles. The van der Waals surface area contributed by atoms with Crippen LogP contribution in [0.5, 0.6) is 0 Å². The average Bonchev–Trinajstić information content (AvgIpc) is 3.40. The summed E-state index contributed by atoms with van der Waals surface area (Å²) in [5.41, 5.74) is 0. The second-order valence-corrected chi connectivity index (χ2v) is 12.8. The van der Waals surface area contributed by atoms with Gasteiger partial charge in [0, 0.05) is 29.9 Å². The molecule has 33 heavy (non-hydrogen) atoms. The van der Waals surface area contributed by atoms with Crippen LogP contribution in [-0.4, -0.2) is 47.9 Å². The SMILES string of the molecule is Cc1sc(-c2noc(C3CCC3)n2)cc1S(=O)(=O)N1CCC[C@@H](C(=O)NC2CCCCC2)C1. The molecule has 1 atom stereocenters. The highest BCUT2D eigenvalue weighted by molar-refractivity contribution is 7.89. The summed E-state index contributed by atoms with van der Waals surface area (Å²) in [7, 11) is -3.70. The number of sulfonamides is 1. The van der Waals surface area contributed by atoms with Crippen molar-refractivity contribution in [2.75, 3.05) is 13.1 Å². The number of hydrogen-bond acceptors (Lipinski definition) is 7. The first-order chi connectivity index (χ1) is 15.9. The molecule has 2 saturated carbocycles. The molecule has 0 radical (unpaired) electrons. The number of piperidine rings is 1. The van der Waals surface area contributed by atoms with Gasteiger partial charge in [0.25, 0.3) is 0 Å². The van der Waals surface area contributed by atoms with Crippen molar-refractivity contribution in [3.63, 3.8) is 0 Å². The smallest absolute Gasteiger partial charge is 0.244 e. The number of rotatable bonds is 6. The molecule has 3 heterocycles. The van der Waals surface area contributed by atoms with Gasteiger partial charge in [0.2, 0.25) is 27.6 Å². The number of amides is 1. The fourth-order valence-electron chi connectivity index (χ4n) is 5.07. The summed E-state index contributed by atoms with van der Waals surface area (Å²) in [5, 5.41) is 7.26. The number of carbonyl (C=O) groups excluding carboxylic acids is 1. The maximum absolute atomic E-state index is 13.5. The van der Waals surface area contributed by atoms with Crippen LogP contribution in [0.1, 0.15) is 80.9 Å². The van der Waals surface area contributed by atoms with Crippen molar-refractivity contribution >= 4 is 27.3 Å². The molecule has 3 fully saturated rings. The first kappa shape index (κ1) is 23.0. The predicted octanol–water partition coefficient (Wildman–Crippen LogP) is 4.22. The van der Waals surface area contributed by atoms with Crippen LogP contribution >= 0.6 is 11.3 Å². The summed E-state index contributed by atoms with van der Waals surface area (Å²) in [4.78, 5) is 19.1. The second kappa shape index (κ2) is 9.46. The van der Waals surface area contributed by atoms with E-state index in [0.29, 0.717) is 40.4 Å². The van der Waals surface area contributed by atoms with Crippen LogP contribution in [0.4, 0.5) is 0 Å². The zero-order chi connectivity index (χ0) is 23.0. The summed E-state index contributed by atoms with van der Waals surface area (Å²) >= 11 is 1.37. The number of aryl methyl sites for hydroxylation is 1. The van der Waals surface area contributed by atoms with Gasteiger partial charge in [-0.2, -0.15) is 9.29 Å². The van der Waals surface area contributed by atoms with Gasteiger partial charge in [-0.25, -0.2) is 8.42 Å². The fraction of sp³-hybridized carbons (Fsp3) is 0.696. The van der Waals surface area contributed by atoms with Gasteiger partial charge in [0.05, 0.1) is 15.7 Å². The minimum atomic E-state index is -3.70. The van der Waals surface area contributed by atoms with Crippen molar-refractivity contribution in [3.8, 4) is 10.7 Å². The van der Waals surface area contributed by atoms with E-state index in [-0.39, 0.29) is 29.3 Å². The van der Waals surface area contributed by atoms with Crippen molar-refractivity contribution in [2.45, 2.75) is 88.0 Å². The van der Waals surface area contributed by atoms with Gasteiger partial charge in [-0.3, -0.25) is 4.79 Å². The Hall–Kier alpha value is -1.78. The molecule has 0 unspecified atom stereocenters. The van der Waals surface area contributed by atoms with Crippen LogP contribution in [0.2, 0.25) is 0 Å². The third-order valence-electron chi connectivity index (χ3n) is 7.31. The van der Waals surface area contributed by atoms with Crippen LogP contribution < -0.4 is 5.32 Å². The third kappa shape index (κ3) is 4.74. The zero-order valence-corrected chi connectivity index (χ0v) is 20.7. The first-order valence-electron chi connectivity index (χ1n) is 12.2. The number of thiophene rings is 1. The maximum Gasteiger partial charge on any atom is 0.244 e. The van der Waals surface area contributed by atoms with Crippen molar-refractivity contribution in [1.29, 1.82) is 0 Å². The maximum atomic E-state index is 13.5. The van der Waals surface area contributed by atoms with E-state index in [9.17, 15) is 13.2 Å². The van der Waals surface area contributed by atoms with Gasteiger partial charge < -0.3 is 9.84 Å². The highest BCUT2D eigenvalue weighted by Gasteiger charge is 2.36. The number of nitrogens with one attached hydrogen (secondary N) is 1. The fourth-order valence-corrected chi connectivity index (χ4v) is 8.08. The molecule has 2 aromatic rings. The van der Waals surface area contributed by atoms with Crippen LogP contribution in [0.3, 0.4) is 0 Å². The molecule has 1 aliphatic heterocycles. The molecule has 8 nitrogen and oxygen atoms in total. The molecule has 1 N–H and O–H groups in total. The highest BCUT2D eigenvalue weighted by atomic mass is 32.2. The Kier molecular flexibility index (Phi) is 6.59. The molecule has 0 spiro atoms. The molecule has 0 aromatic carbocycles. The normalized spacial score (nSPS) is 23.4.